The van der Waals surface area contributed by atoms with Crippen LogP contribution >= 0.6 is 0 Å². The highest BCUT2D eigenvalue weighted by Gasteiger charge is 2.54. The SMILES string of the molecule is CC1=NOC2(CCC(C)N3CC2n2cc(C(=O)NCc4ccc(F)cc4F)c(=O)c(OCc4oc(=O)oc4C)c2C3=O)C1. The predicted octanol–water partition coefficient (Wildman–Crippen LogP) is 3.20. The predicted molar refractivity (Wildman–Crippen MR) is 145 cm³/mol. The first-order chi connectivity index (χ1) is 20.5. The number of nitrogens with one attached hydrogen (secondary N) is 1. The van der Waals surface area contributed by atoms with E-state index in [-0.39, 0.29) is 47.5 Å². The van der Waals surface area contributed by atoms with Gasteiger partial charge in [-0.1, -0.05) is 11.2 Å². The molecule has 3 aliphatic heterocycles. The molecule has 5 heterocycles. The van der Waals surface area contributed by atoms with Crippen LogP contribution < -0.4 is 21.3 Å². The highest BCUT2D eigenvalue weighted by Crippen LogP contribution is 2.46. The normalized spacial score (nSPS) is 22.6. The lowest BCUT2D eigenvalue weighted by Gasteiger charge is -2.42. The summed E-state index contributed by atoms with van der Waals surface area (Å²) in [5, 5.41) is 6.69. The van der Waals surface area contributed by atoms with E-state index in [1.165, 1.54) is 23.8 Å². The number of halogens is 2. The van der Waals surface area contributed by atoms with Crippen LogP contribution in [0.3, 0.4) is 0 Å². The average Bonchev–Trinajstić information content (AvgIpc) is 3.46. The number of pyridine rings is 1. The fourth-order valence-corrected chi connectivity index (χ4v) is 5.99. The van der Waals surface area contributed by atoms with Crippen molar-refractivity contribution in [2.45, 2.75) is 70.9 Å². The Labute approximate surface area is 242 Å². The molecule has 226 valence electrons. The van der Waals surface area contributed by atoms with Crippen molar-refractivity contribution in [3.05, 3.63) is 85.2 Å². The molecule has 3 aromatic rings. The van der Waals surface area contributed by atoms with Crippen LogP contribution in [-0.2, 0) is 18.0 Å². The molecule has 0 radical (unpaired) electrons. The van der Waals surface area contributed by atoms with E-state index >= 15 is 0 Å². The van der Waals surface area contributed by atoms with E-state index in [0.717, 1.165) is 11.8 Å². The third-order valence-corrected chi connectivity index (χ3v) is 8.31. The lowest BCUT2D eigenvalue weighted by Crippen LogP contribution is -2.52. The number of oxime groups is 1. The maximum Gasteiger partial charge on any atom is 0.519 e. The van der Waals surface area contributed by atoms with Gasteiger partial charge in [0.25, 0.3) is 11.8 Å². The smallest absolute Gasteiger partial charge is 0.479 e. The second-order valence-electron chi connectivity index (χ2n) is 11.1. The maximum absolute atomic E-state index is 14.2. The summed E-state index contributed by atoms with van der Waals surface area (Å²) in [4.78, 5) is 60.5. The molecule has 0 aliphatic carbocycles. The van der Waals surface area contributed by atoms with Crippen molar-refractivity contribution in [2.75, 3.05) is 6.54 Å². The van der Waals surface area contributed by atoms with Crippen LogP contribution in [-0.4, -0.2) is 45.2 Å². The third kappa shape index (κ3) is 4.89. The lowest BCUT2D eigenvalue weighted by molar-refractivity contribution is -0.0656. The Bertz CT molecular complexity index is 1790. The number of fused-ring (bicyclic) bond motifs is 5. The molecule has 2 bridgehead atoms. The molecule has 1 fully saturated rings. The number of hydrogen-bond donors (Lipinski definition) is 1. The molecule has 1 aromatic carbocycles. The molecule has 3 unspecified atom stereocenters. The van der Waals surface area contributed by atoms with Crippen LogP contribution in [0.5, 0.6) is 5.75 Å². The standard InChI is InChI=1S/C29H28F2N4O8/c1-14-9-29(43-33-14)7-6-15(2)34-12-22(29)35-11-19(26(37)32-10-17-4-5-18(30)8-20(17)31)24(36)25(23(35)27(34)38)40-13-21-16(3)41-28(39)42-21/h4-5,8,11,15,22H,6-7,9-10,12-13H2,1-3H3,(H,32,37). The van der Waals surface area contributed by atoms with Crippen LogP contribution in [0, 0.1) is 18.6 Å². The summed E-state index contributed by atoms with van der Waals surface area (Å²) in [6.07, 6.45) is 2.92. The summed E-state index contributed by atoms with van der Waals surface area (Å²) in [5.41, 5.74) is -1.45. The molecule has 2 amide bonds. The molecule has 43 heavy (non-hydrogen) atoms. The first-order valence-corrected chi connectivity index (χ1v) is 13.7. The molecule has 12 nitrogen and oxygen atoms in total. The van der Waals surface area contributed by atoms with Crippen molar-refractivity contribution in [3.63, 3.8) is 0 Å². The van der Waals surface area contributed by atoms with Gasteiger partial charge in [0.15, 0.2) is 28.6 Å². The fraction of sp³-hybridized carbons (Fsp3) is 0.414. The van der Waals surface area contributed by atoms with Gasteiger partial charge in [-0.3, -0.25) is 14.4 Å². The number of rotatable bonds is 6. The number of aryl methyl sites for hydroxylation is 1. The Kier molecular flexibility index (Phi) is 6.93. The van der Waals surface area contributed by atoms with Crippen LogP contribution in [0.2, 0.25) is 0 Å². The van der Waals surface area contributed by atoms with E-state index in [1.807, 2.05) is 13.8 Å². The summed E-state index contributed by atoms with van der Waals surface area (Å²) in [6.45, 7) is 4.67. The van der Waals surface area contributed by atoms with Crippen molar-refractivity contribution >= 4 is 17.5 Å². The van der Waals surface area contributed by atoms with Gasteiger partial charge in [0.2, 0.25) is 5.43 Å². The summed E-state index contributed by atoms with van der Waals surface area (Å²) in [5.74, 6) is -4.25. The van der Waals surface area contributed by atoms with Gasteiger partial charge >= 0.3 is 5.82 Å². The van der Waals surface area contributed by atoms with E-state index in [1.54, 1.807) is 4.90 Å². The zero-order valence-electron chi connectivity index (χ0n) is 23.6. The fourth-order valence-electron chi connectivity index (χ4n) is 5.99. The molecule has 3 aliphatic rings. The van der Waals surface area contributed by atoms with E-state index in [4.69, 9.17) is 18.4 Å². The van der Waals surface area contributed by atoms with Crippen molar-refractivity contribution in [1.82, 2.24) is 14.8 Å². The molecule has 1 spiro atoms. The van der Waals surface area contributed by atoms with Gasteiger partial charge in [0, 0.05) is 43.4 Å². The molecular formula is C29H28F2N4O8. The highest BCUT2D eigenvalue weighted by atomic mass is 19.1. The summed E-state index contributed by atoms with van der Waals surface area (Å²) >= 11 is 0. The number of carbonyl (C=O) groups excluding carboxylic acids is 2. The van der Waals surface area contributed by atoms with Gasteiger partial charge in [0.05, 0.1) is 11.8 Å². The van der Waals surface area contributed by atoms with Crippen LogP contribution in [0.25, 0.3) is 0 Å². The Morgan fingerprint density at radius 3 is 2.67 bits per heavy atom. The van der Waals surface area contributed by atoms with Gasteiger partial charge in [-0.2, -0.15) is 0 Å². The summed E-state index contributed by atoms with van der Waals surface area (Å²) < 4.78 is 44.9. The average molecular weight is 599 g/mol. The number of ether oxygens (including phenoxy) is 1. The van der Waals surface area contributed by atoms with Gasteiger partial charge in [-0.25, -0.2) is 13.6 Å². The Morgan fingerprint density at radius 2 is 2.00 bits per heavy atom. The van der Waals surface area contributed by atoms with E-state index in [9.17, 15) is 28.0 Å². The van der Waals surface area contributed by atoms with Gasteiger partial charge in [-0.05, 0) is 39.7 Å². The highest BCUT2D eigenvalue weighted by molar-refractivity contribution is 5.99. The first kappa shape index (κ1) is 28.4. The minimum Gasteiger partial charge on any atom is -0.479 e. The van der Waals surface area contributed by atoms with Crippen LogP contribution in [0.4, 0.5) is 8.78 Å². The quantitative estimate of drug-likeness (QED) is 0.455. The topological polar surface area (TPSA) is 146 Å². The maximum atomic E-state index is 14.2. The van der Waals surface area contributed by atoms with Crippen molar-refractivity contribution < 1.29 is 36.8 Å². The number of benzene rings is 1. The minimum atomic E-state index is -0.964. The number of carbonyl (C=O) groups is 2. The van der Waals surface area contributed by atoms with Gasteiger partial charge < -0.3 is 33.2 Å². The number of amides is 2. The Morgan fingerprint density at radius 1 is 1.21 bits per heavy atom. The van der Waals surface area contributed by atoms with Gasteiger partial charge in [0.1, 0.15) is 23.8 Å². The van der Waals surface area contributed by atoms with E-state index in [2.05, 4.69) is 10.5 Å². The number of hydrogen-bond acceptors (Lipinski definition) is 9. The Hall–Kier alpha value is -4.75. The molecule has 14 heteroatoms. The largest absolute Gasteiger partial charge is 0.519 e. The molecule has 6 rings (SSSR count). The molecular weight excluding hydrogens is 570 g/mol. The van der Waals surface area contributed by atoms with Crippen LogP contribution in [0.15, 0.2) is 48.0 Å². The second-order valence-corrected chi connectivity index (χ2v) is 11.1. The monoisotopic (exact) mass is 598 g/mol. The molecule has 2 aromatic heterocycles. The van der Waals surface area contributed by atoms with Gasteiger partial charge in [-0.15, -0.1) is 0 Å². The van der Waals surface area contributed by atoms with Crippen LogP contribution in [0.1, 0.15) is 77.1 Å². The summed E-state index contributed by atoms with van der Waals surface area (Å²) in [6, 6.07) is 2.18. The third-order valence-electron chi connectivity index (χ3n) is 8.31. The minimum absolute atomic E-state index is 0.00115. The zero-order chi connectivity index (χ0) is 30.6. The number of nitrogens with zero attached hydrogens (tertiary/aromatic N) is 3. The van der Waals surface area contributed by atoms with Crippen molar-refractivity contribution in [3.8, 4) is 5.75 Å². The van der Waals surface area contributed by atoms with E-state index < -0.39 is 58.7 Å². The van der Waals surface area contributed by atoms with E-state index in [0.29, 0.717) is 25.3 Å². The lowest BCUT2D eigenvalue weighted by atomic mass is 9.84. The summed E-state index contributed by atoms with van der Waals surface area (Å²) in [7, 11) is 0. The molecule has 1 saturated heterocycles. The number of aromatic nitrogens is 1. The van der Waals surface area contributed by atoms with Crippen molar-refractivity contribution in [1.29, 1.82) is 0 Å². The second kappa shape index (κ2) is 10.5. The van der Waals surface area contributed by atoms with Crippen molar-refractivity contribution in [2.24, 2.45) is 5.16 Å². The first-order valence-electron chi connectivity index (χ1n) is 13.7. The molecule has 0 saturated carbocycles. The molecule has 3 atom stereocenters. The molecule has 1 N–H and O–H groups in total. The zero-order valence-corrected chi connectivity index (χ0v) is 23.6. The Balaban J connectivity index is 1.46.